The number of fused-ring (bicyclic) bond motifs is 1. The van der Waals surface area contributed by atoms with Gasteiger partial charge in [-0.05, 0) is 31.2 Å². The van der Waals surface area contributed by atoms with Gasteiger partial charge < -0.3 is 24.8 Å². The second-order valence-electron chi connectivity index (χ2n) is 6.03. The summed E-state index contributed by atoms with van der Waals surface area (Å²) in [5.41, 5.74) is 0.925. The molecule has 0 radical (unpaired) electrons. The van der Waals surface area contributed by atoms with Crippen molar-refractivity contribution in [1.29, 1.82) is 0 Å². The van der Waals surface area contributed by atoms with E-state index in [1.807, 2.05) is 0 Å². The Balaban J connectivity index is 1.47. The molecular weight excluding hydrogens is 364 g/mol. The van der Waals surface area contributed by atoms with Crippen molar-refractivity contribution >= 4 is 23.5 Å². The highest BCUT2D eigenvalue weighted by molar-refractivity contribution is 5.97. The molecule has 2 amide bonds. The third-order valence-corrected chi connectivity index (χ3v) is 3.92. The first-order valence-corrected chi connectivity index (χ1v) is 8.76. The highest BCUT2D eigenvalue weighted by Crippen LogP contribution is 2.32. The predicted octanol–water partition coefficient (Wildman–Crippen LogP) is 1.76. The van der Waals surface area contributed by atoms with Gasteiger partial charge in [-0.1, -0.05) is 18.2 Å². The van der Waals surface area contributed by atoms with Gasteiger partial charge in [-0.3, -0.25) is 14.4 Å². The molecule has 2 aromatic carbocycles. The van der Waals surface area contributed by atoms with Gasteiger partial charge in [0, 0.05) is 17.3 Å². The molecule has 0 aromatic heterocycles. The van der Waals surface area contributed by atoms with E-state index in [2.05, 4.69) is 10.6 Å². The van der Waals surface area contributed by atoms with Crippen LogP contribution in [0, 0.1) is 0 Å². The lowest BCUT2D eigenvalue weighted by atomic mass is 10.2. The Labute approximate surface area is 161 Å². The van der Waals surface area contributed by atoms with Crippen molar-refractivity contribution in [3.8, 4) is 11.5 Å². The van der Waals surface area contributed by atoms with Gasteiger partial charge in [-0.25, -0.2) is 0 Å². The molecule has 1 heterocycles. The molecule has 8 heteroatoms. The lowest BCUT2D eigenvalue weighted by Crippen LogP contribution is -2.35. The molecule has 0 fully saturated rings. The molecule has 0 spiro atoms. The highest BCUT2D eigenvalue weighted by atomic mass is 16.6. The predicted molar refractivity (Wildman–Crippen MR) is 100 cm³/mol. The van der Waals surface area contributed by atoms with Gasteiger partial charge in [-0.2, -0.15) is 0 Å². The number of rotatable bonds is 6. The van der Waals surface area contributed by atoms with Crippen LogP contribution in [0.3, 0.4) is 0 Å². The third kappa shape index (κ3) is 5.00. The minimum atomic E-state index is -1.03. The van der Waals surface area contributed by atoms with Crippen LogP contribution in [0.15, 0.2) is 48.5 Å². The van der Waals surface area contributed by atoms with Crippen LogP contribution in [0.2, 0.25) is 0 Å². The van der Waals surface area contributed by atoms with Crippen LogP contribution in [0.4, 0.5) is 5.69 Å². The fourth-order valence-corrected chi connectivity index (χ4v) is 2.50. The van der Waals surface area contributed by atoms with E-state index in [1.165, 1.54) is 6.92 Å². The second kappa shape index (κ2) is 8.90. The number of benzene rings is 2. The maximum absolute atomic E-state index is 12.2. The summed E-state index contributed by atoms with van der Waals surface area (Å²) < 4.78 is 15.9. The zero-order valence-corrected chi connectivity index (χ0v) is 15.3. The normalized spacial score (nSPS) is 13.2. The van der Waals surface area contributed by atoms with Crippen LogP contribution >= 0.6 is 0 Å². The molecule has 146 valence electrons. The fourth-order valence-electron chi connectivity index (χ4n) is 2.50. The number of anilines is 1. The van der Waals surface area contributed by atoms with Gasteiger partial charge in [0.05, 0.1) is 0 Å². The summed E-state index contributed by atoms with van der Waals surface area (Å²) in [6.07, 6.45) is -1.03. The average Bonchev–Trinajstić information content (AvgIpc) is 2.72. The van der Waals surface area contributed by atoms with Gasteiger partial charge in [0.15, 0.2) is 17.6 Å². The van der Waals surface area contributed by atoms with Gasteiger partial charge in [0.1, 0.15) is 19.8 Å². The summed E-state index contributed by atoms with van der Waals surface area (Å²) in [4.78, 5) is 36.0. The monoisotopic (exact) mass is 384 g/mol. The molecule has 0 bridgehead atoms. The molecule has 0 unspecified atom stereocenters. The largest absolute Gasteiger partial charge is 0.486 e. The van der Waals surface area contributed by atoms with Crippen molar-refractivity contribution in [2.45, 2.75) is 13.0 Å². The van der Waals surface area contributed by atoms with Gasteiger partial charge >= 0.3 is 5.97 Å². The van der Waals surface area contributed by atoms with Crippen LogP contribution in [-0.2, 0) is 14.3 Å². The Bertz CT molecular complexity index is 868. The summed E-state index contributed by atoms with van der Waals surface area (Å²) >= 11 is 0. The molecular formula is C20H20N2O6. The van der Waals surface area contributed by atoms with Crippen molar-refractivity contribution < 1.29 is 28.6 Å². The molecule has 0 saturated carbocycles. The molecule has 1 atom stereocenters. The summed E-state index contributed by atoms with van der Waals surface area (Å²) in [6.45, 7) is 2.03. The Hall–Kier alpha value is -3.55. The lowest BCUT2D eigenvalue weighted by Gasteiger charge is -2.19. The molecule has 8 nitrogen and oxygen atoms in total. The van der Waals surface area contributed by atoms with Gasteiger partial charge in [0.25, 0.3) is 11.8 Å². The smallest absolute Gasteiger partial charge is 0.326 e. The Morgan fingerprint density at radius 1 is 1.04 bits per heavy atom. The SMILES string of the molecule is C[C@H](OC(=O)CNC(=O)c1ccccc1)C(=O)Nc1ccc2c(c1)OCCO2. The summed E-state index contributed by atoms with van der Waals surface area (Å²) in [7, 11) is 0. The van der Waals surface area contributed by atoms with E-state index < -0.39 is 23.9 Å². The van der Waals surface area contributed by atoms with E-state index in [4.69, 9.17) is 14.2 Å². The first kappa shape index (κ1) is 19.2. The van der Waals surface area contributed by atoms with E-state index in [1.54, 1.807) is 48.5 Å². The molecule has 28 heavy (non-hydrogen) atoms. The lowest BCUT2D eigenvalue weighted by molar-refractivity contribution is -0.152. The molecule has 2 N–H and O–H groups in total. The van der Waals surface area contributed by atoms with E-state index in [9.17, 15) is 14.4 Å². The Morgan fingerprint density at radius 3 is 2.50 bits per heavy atom. The molecule has 1 aliphatic heterocycles. The number of amides is 2. The summed E-state index contributed by atoms with van der Waals surface area (Å²) in [5, 5.41) is 5.10. The minimum Gasteiger partial charge on any atom is -0.486 e. The number of ether oxygens (including phenoxy) is 3. The fraction of sp³-hybridized carbons (Fsp3) is 0.250. The van der Waals surface area contributed by atoms with Crippen LogP contribution in [-0.4, -0.2) is 43.6 Å². The van der Waals surface area contributed by atoms with Crippen molar-refractivity contribution in [1.82, 2.24) is 5.32 Å². The summed E-state index contributed by atoms with van der Waals surface area (Å²) in [6, 6.07) is 13.5. The average molecular weight is 384 g/mol. The van der Waals surface area contributed by atoms with E-state index >= 15 is 0 Å². The minimum absolute atomic E-state index is 0.338. The van der Waals surface area contributed by atoms with Gasteiger partial charge in [-0.15, -0.1) is 0 Å². The zero-order chi connectivity index (χ0) is 19.9. The summed E-state index contributed by atoms with van der Waals surface area (Å²) in [5.74, 6) is -0.463. The first-order valence-electron chi connectivity index (χ1n) is 8.76. The highest BCUT2D eigenvalue weighted by Gasteiger charge is 2.20. The topological polar surface area (TPSA) is 103 Å². The van der Waals surface area contributed by atoms with Crippen molar-refractivity contribution in [2.24, 2.45) is 0 Å². The molecule has 3 rings (SSSR count). The zero-order valence-electron chi connectivity index (χ0n) is 15.3. The van der Waals surface area contributed by atoms with Crippen LogP contribution in [0.25, 0.3) is 0 Å². The van der Waals surface area contributed by atoms with Crippen LogP contribution < -0.4 is 20.1 Å². The van der Waals surface area contributed by atoms with E-state index in [-0.39, 0.29) is 6.54 Å². The maximum Gasteiger partial charge on any atom is 0.326 e. The number of carbonyl (C=O) groups excluding carboxylic acids is 3. The van der Waals surface area contributed by atoms with Crippen molar-refractivity contribution in [3.05, 3.63) is 54.1 Å². The maximum atomic E-state index is 12.2. The molecule has 1 aliphatic rings. The van der Waals surface area contributed by atoms with Crippen molar-refractivity contribution in [3.63, 3.8) is 0 Å². The first-order chi connectivity index (χ1) is 13.5. The van der Waals surface area contributed by atoms with Crippen LogP contribution in [0.5, 0.6) is 11.5 Å². The molecule has 0 aliphatic carbocycles. The van der Waals surface area contributed by atoms with Crippen molar-refractivity contribution in [2.75, 3.05) is 25.1 Å². The molecule has 0 saturated heterocycles. The Morgan fingerprint density at radius 2 is 1.75 bits per heavy atom. The van der Waals surface area contributed by atoms with E-state index in [0.29, 0.717) is 36.0 Å². The van der Waals surface area contributed by atoms with E-state index in [0.717, 1.165) is 0 Å². The number of hydrogen-bond acceptors (Lipinski definition) is 6. The quantitative estimate of drug-likeness (QED) is 0.736. The number of nitrogens with one attached hydrogen (secondary N) is 2. The Kier molecular flexibility index (Phi) is 6.11. The number of carbonyl (C=O) groups is 3. The molecule has 2 aromatic rings. The third-order valence-electron chi connectivity index (χ3n) is 3.92. The standard InChI is InChI=1S/C20H20N2O6/c1-13(28-18(23)12-21-20(25)14-5-3-2-4-6-14)19(24)22-15-7-8-16-17(11-15)27-10-9-26-16/h2-8,11,13H,9-10,12H2,1H3,(H,21,25)(H,22,24)/t13-/m0/s1. The number of hydrogen-bond donors (Lipinski definition) is 2. The van der Waals surface area contributed by atoms with Crippen LogP contribution in [0.1, 0.15) is 17.3 Å². The second-order valence-corrected chi connectivity index (χ2v) is 6.03. The number of esters is 1. The van der Waals surface area contributed by atoms with Gasteiger partial charge in [0.2, 0.25) is 0 Å².